The van der Waals surface area contributed by atoms with Crippen molar-refractivity contribution < 1.29 is 9.47 Å². The highest BCUT2D eigenvalue weighted by molar-refractivity contribution is 7.98. The first kappa shape index (κ1) is 17.5. The highest BCUT2D eigenvalue weighted by Crippen LogP contribution is 2.27. The van der Waals surface area contributed by atoms with Crippen molar-refractivity contribution in [2.75, 3.05) is 57.9 Å². The Morgan fingerprint density at radius 1 is 1.00 bits per heavy atom. The first-order valence-electron chi connectivity index (χ1n) is 8.38. The minimum Gasteiger partial charge on any atom is -0.377 e. The molecule has 0 aromatic carbocycles. The fraction of sp³-hybridized carbons (Fsp3) is 1.00. The van der Waals surface area contributed by atoms with Gasteiger partial charge in [-0.15, -0.1) is 0 Å². The number of thioether (sulfide) groups is 1. The van der Waals surface area contributed by atoms with E-state index in [1.165, 1.54) is 38.5 Å². The Hall–Kier alpha value is 0.190. The standard InChI is InChI=1S/C16H32N2O2S/c1-14(2)20-16-12-15(13-16)19-10-8-17-4-6-18(7-5-17)9-11-21-3/h14-16H,4-13H2,1-3H3. The molecule has 0 unspecified atom stereocenters. The van der Waals surface area contributed by atoms with Crippen LogP contribution in [0.1, 0.15) is 26.7 Å². The second-order valence-corrected chi connectivity index (χ2v) is 7.43. The predicted octanol–water partition coefficient (Wildman–Crippen LogP) is 1.94. The lowest BCUT2D eigenvalue weighted by Crippen LogP contribution is -2.48. The fourth-order valence-corrected chi connectivity index (χ4v) is 3.40. The largest absolute Gasteiger partial charge is 0.377 e. The van der Waals surface area contributed by atoms with Crippen molar-refractivity contribution in [1.82, 2.24) is 9.80 Å². The second kappa shape index (κ2) is 9.36. The van der Waals surface area contributed by atoms with Crippen molar-refractivity contribution in [1.29, 1.82) is 0 Å². The average molecular weight is 317 g/mol. The number of nitrogens with zero attached hydrogens (tertiary/aromatic N) is 2. The third-order valence-electron chi connectivity index (χ3n) is 4.35. The Kier molecular flexibility index (Phi) is 7.82. The molecule has 1 saturated heterocycles. The van der Waals surface area contributed by atoms with E-state index >= 15 is 0 Å². The van der Waals surface area contributed by atoms with Crippen molar-refractivity contribution in [3.05, 3.63) is 0 Å². The fourth-order valence-electron chi connectivity index (χ4n) is 2.95. The SMILES string of the molecule is CSCCN1CCN(CCOC2CC(OC(C)C)C2)CC1. The van der Waals surface area contributed by atoms with Gasteiger partial charge in [-0.25, -0.2) is 0 Å². The number of hydrogen-bond donors (Lipinski definition) is 0. The number of hydrogen-bond acceptors (Lipinski definition) is 5. The molecule has 0 amide bonds. The first-order chi connectivity index (χ1) is 10.2. The number of piperazine rings is 1. The minimum atomic E-state index is 0.346. The van der Waals surface area contributed by atoms with Crippen LogP contribution >= 0.6 is 11.8 Å². The molecule has 0 spiro atoms. The normalized spacial score (nSPS) is 28.0. The Morgan fingerprint density at radius 2 is 1.62 bits per heavy atom. The molecule has 1 saturated carbocycles. The van der Waals surface area contributed by atoms with Crippen LogP contribution in [0.3, 0.4) is 0 Å². The van der Waals surface area contributed by atoms with Gasteiger partial charge in [0.05, 0.1) is 24.9 Å². The summed E-state index contributed by atoms with van der Waals surface area (Å²) in [4.78, 5) is 5.12. The van der Waals surface area contributed by atoms with E-state index in [4.69, 9.17) is 9.47 Å². The van der Waals surface area contributed by atoms with Crippen LogP contribution in [0.2, 0.25) is 0 Å². The summed E-state index contributed by atoms with van der Waals surface area (Å²) in [6.45, 7) is 12.2. The summed E-state index contributed by atoms with van der Waals surface area (Å²) in [6.07, 6.45) is 5.58. The molecule has 0 radical (unpaired) electrons. The smallest absolute Gasteiger partial charge is 0.0628 e. The van der Waals surface area contributed by atoms with Gasteiger partial charge in [-0.1, -0.05) is 0 Å². The topological polar surface area (TPSA) is 24.9 Å². The predicted molar refractivity (Wildman–Crippen MR) is 90.2 cm³/mol. The minimum absolute atomic E-state index is 0.346. The first-order valence-corrected chi connectivity index (χ1v) is 9.77. The van der Waals surface area contributed by atoms with Crippen molar-refractivity contribution in [3.63, 3.8) is 0 Å². The van der Waals surface area contributed by atoms with Crippen LogP contribution in [0.5, 0.6) is 0 Å². The molecular weight excluding hydrogens is 284 g/mol. The Labute approximate surface area is 134 Å². The van der Waals surface area contributed by atoms with Crippen molar-refractivity contribution in [3.8, 4) is 0 Å². The molecule has 0 N–H and O–H groups in total. The van der Waals surface area contributed by atoms with Gasteiger partial charge < -0.3 is 9.47 Å². The highest BCUT2D eigenvalue weighted by atomic mass is 32.2. The zero-order chi connectivity index (χ0) is 15.1. The molecule has 0 aromatic rings. The van der Waals surface area contributed by atoms with Crippen LogP contribution in [-0.4, -0.2) is 86.0 Å². The summed E-state index contributed by atoms with van der Waals surface area (Å²) in [7, 11) is 0. The van der Waals surface area contributed by atoms with Gasteiger partial charge in [-0.05, 0) is 32.9 Å². The van der Waals surface area contributed by atoms with E-state index in [0.29, 0.717) is 18.3 Å². The molecule has 1 aliphatic heterocycles. The van der Waals surface area contributed by atoms with Crippen LogP contribution in [0.25, 0.3) is 0 Å². The average Bonchev–Trinajstić information content (AvgIpc) is 2.43. The molecule has 2 rings (SSSR count). The monoisotopic (exact) mass is 316 g/mol. The molecule has 2 aliphatic rings. The van der Waals surface area contributed by atoms with Gasteiger partial charge in [0.15, 0.2) is 0 Å². The van der Waals surface area contributed by atoms with Crippen LogP contribution in [0, 0.1) is 0 Å². The van der Waals surface area contributed by atoms with Crippen LogP contribution in [0.15, 0.2) is 0 Å². The van der Waals surface area contributed by atoms with E-state index in [9.17, 15) is 0 Å². The Morgan fingerprint density at radius 3 is 2.19 bits per heavy atom. The third kappa shape index (κ3) is 6.45. The summed E-state index contributed by atoms with van der Waals surface area (Å²) in [6, 6.07) is 0. The van der Waals surface area contributed by atoms with Gasteiger partial charge >= 0.3 is 0 Å². The summed E-state index contributed by atoms with van der Waals surface area (Å²) in [5.41, 5.74) is 0. The lowest BCUT2D eigenvalue weighted by molar-refractivity contribution is -0.120. The molecule has 1 heterocycles. The summed E-state index contributed by atoms with van der Waals surface area (Å²) >= 11 is 1.94. The zero-order valence-corrected chi connectivity index (χ0v) is 14.7. The zero-order valence-electron chi connectivity index (χ0n) is 13.9. The molecule has 0 atom stereocenters. The molecule has 5 heteroatoms. The summed E-state index contributed by atoms with van der Waals surface area (Å²) in [5.74, 6) is 1.25. The van der Waals surface area contributed by atoms with Gasteiger partial charge in [0.2, 0.25) is 0 Å². The highest BCUT2D eigenvalue weighted by Gasteiger charge is 2.31. The quantitative estimate of drug-likeness (QED) is 0.647. The lowest BCUT2D eigenvalue weighted by Gasteiger charge is -2.37. The van der Waals surface area contributed by atoms with E-state index in [1.807, 2.05) is 11.8 Å². The number of ether oxygens (including phenoxy) is 2. The van der Waals surface area contributed by atoms with Crippen LogP contribution in [0.4, 0.5) is 0 Å². The van der Waals surface area contributed by atoms with E-state index < -0.39 is 0 Å². The van der Waals surface area contributed by atoms with E-state index in [2.05, 4.69) is 29.9 Å². The van der Waals surface area contributed by atoms with Gasteiger partial charge in [0.25, 0.3) is 0 Å². The third-order valence-corrected chi connectivity index (χ3v) is 4.94. The molecule has 2 fully saturated rings. The van der Waals surface area contributed by atoms with Gasteiger partial charge in [0, 0.05) is 45.0 Å². The molecule has 0 aromatic heterocycles. The maximum Gasteiger partial charge on any atom is 0.0628 e. The van der Waals surface area contributed by atoms with Gasteiger partial charge in [-0.3, -0.25) is 9.80 Å². The molecule has 124 valence electrons. The van der Waals surface area contributed by atoms with E-state index in [-0.39, 0.29) is 0 Å². The van der Waals surface area contributed by atoms with Crippen LogP contribution in [-0.2, 0) is 9.47 Å². The van der Waals surface area contributed by atoms with Gasteiger partial charge in [0.1, 0.15) is 0 Å². The molecule has 21 heavy (non-hydrogen) atoms. The summed E-state index contributed by atoms with van der Waals surface area (Å²) < 4.78 is 11.7. The lowest BCUT2D eigenvalue weighted by atomic mass is 9.92. The number of rotatable bonds is 9. The van der Waals surface area contributed by atoms with E-state index in [0.717, 1.165) is 26.0 Å². The van der Waals surface area contributed by atoms with Crippen molar-refractivity contribution >= 4 is 11.8 Å². The molecule has 4 nitrogen and oxygen atoms in total. The summed E-state index contributed by atoms with van der Waals surface area (Å²) in [5, 5.41) is 0. The van der Waals surface area contributed by atoms with E-state index in [1.54, 1.807) is 0 Å². The van der Waals surface area contributed by atoms with Crippen molar-refractivity contribution in [2.24, 2.45) is 0 Å². The second-order valence-electron chi connectivity index (χ2n) is 6.45. The molecular formula is C16H32N2O2S. The maximum atomic E-state index is 5.95. The molecule has 0 bridgehead atoms. The van der Waals surface area contributed by atoms with Crippen molar-refractivity contribution in [2.45, 2.75) is 45.0 Å². The Balaban J connectivity index is 1.46. The van der Waals surface area contributed by atoms with Crippen LogP contribution < -0.4 is 0 Å². The maximum absolute atomic E-state index is 5.95. The Bertz CT molecular complexity index is 277. The van der Waals surface area contributed by atoms with Gasteiger partial charge in [-0.2, -0.15) is 11.8 Å². The molecule has 1 aliphatic carbocycles.